The van der Waals surface area contributed by atoms with Crippen molar-refractivity contribution in [2.24, 2.45) is 5.92 Å². The molecule has 1 saturated carbocycles. The van der Waals surface area contributed by atoms with Crippen LogP contribution in [0.3, 0.4) is 0 Å². The van der Waals surface area contributed by atoms with E-state index in [0.29, 0.717) is 11.3 Å². The number of nitrogens with one attached hydrogen (secondary N) is 1. The Morgan fingerprint density at radius 1 is 1.26 bits per heavy atom. The minimum absolute atomic E-state index is 0.0491. The molecule has 1 aromatic rings. The maximum Gasteiger partial charge on any atom is 0.251 e. The summed E-state index contributed by atoms with van der Waals surface area (Å²) in [4.78, 5) is 12.3. The number of alkyl halides is 1. The van der Waals surface area contributed by atoms with E-state index >= 15 is 0 Å². The van der Waals surface area contributed by atoms with Crippen LogP contribution in [-0.2, 0) is 0 Å². The molecule has 2 nitrogen and oxygen atoms in total. The molecule has 1 aliphatic carbocycles. The summed E-state index contributed by atoms with van der Waals surface area (Å²) < 4.78 is 0. The van der Waals surface area contributed by atoms with Crippen molar-refractivity contribution in [3.8, 4) is 0 Å². The van der Waals surface area contributed by atoms with Crippen LogP contribution in [0.25, 0.3) is 0 Å². The molecule has 2 unspecified atom stereocenters. The molecule has 3 heteroatoms. The highest BCUT2D eigenvalue weighted by Gasteiger charge is 2.23. The highest BCUT2D eigenvalue weighted by Crippen LogP contribution is 2.28. The van der Waals surface area contributed by atoms with Gasteiger partial charge in [0.1, 0.15) is 0 Å². The van der Waals surface area contributed by atoms with Crippen molar-refractivity contribution >= 4 is 17.5 Å². The molecule has 1 aliphatic rings. The summed E-state index contributed by atoms with van der Waals surface area (Å²) in [5.74, 6) is 0.588. The van der Waals surface area contributed by atoms with E-state index in [1.165, 1.54) is 5.56 Å². The maximum atomic E-state index is 12.3. The molecule has 0 spiro atoms. The molecular weight excluding hydrogens is 258 g/mol. The van der Waals surface area contributed by atoms with Gasteiger partial charge in [-0.25, -0.2) is 0 Å². The van der Waals surface area contributed by atoms with Gasteiger partial charge in [-0.05, 0) is 57.1 Å². The van der Waals surface area contributed by atoms with Gasteiger partial charge >= 0.3 is 0 Å². The van der Waals surface area contributed by atoms with Crippen molar-refractivity contribution in [1.29, 1.82) is 0 Å². The predicted molar refractivity (Wildman–Crippen MR) is 80.0 cm³/mol. The molecule has 0 radical (unpaired) electrons. The summed E-state index contributed by atoms with van der Waals surface area (Å²) in [5, 5.41) is 3.36. The van der Waals surface area contributed by atoms with Crippen LogP contribution in [-0.4, -0.2) is 17.8 Å². The number of hydrogen-bond donors (Lipinski definition) is 1. The van der Waals surface area contributed by atoms with Crippen LogP contribution < -0.4 is 5.32 Å². The second kappa shape index (κ2) is 5.96. The van der Waals surface area contributed by atoms with Crippen LogP contribution in [0.15, 0.2) is 12.1 Å². The summed E-state index contributed by atoms with van der Waals surface area (Å²) in [6, 6.07) is 4.12. The minimum Gasteiger partial charge on any atom is -0.352 e. The van der Waals surface area contributed by atoms with Gasteiger partial charge in [0.05, 0.1) is 0 Å². The normalized spacial score (nSPS) is 22.5. The number of carbonyl (C=O) groups excluding carboxylic acids is 1. The van der Waals surface area contributed by atoms with E-state index in [4.69, 9.17) is 11.6 Å². The third-order valence-corrected chi connectivity index (χ3v) is 4.33. The number of carbonyl (C=O) groups is 1. The zero-order chi connectivity index (χ0) is 14.0. The number of aryl methyl sites for hydroxylation is 3. The first-order valence-electron chi connectivity index (χ1n) is 6.97. The van der Waals surface area contributed by atoms with Crippen molar-refractivity contribution in [2.45, 2.75) is 45.4 Å². The van der Waals surface area contributed by atoms with Crippen LogP contribution in [0.2, 0.25) is 0 Å². The summed E-state index contributed by atoms with van der Waals surface area (Å²) in [5.41, 5.74) is 4.13. The zero-order valence-electron chi connectivity index (χ0n) is 11.9. The fourth-order valence-corrected chi connectivity index (χ4v) is 3.44. The first-order valence-corrected chi connectivity index (χ1v) is 7.41. The molecule has 0 aliphatic heterocycles. The van der Waals surface area contributed by atoms with E-state index in [-0.39, 0.29) is 5.91 Å². The molecule has 1 aromatic carbocycles. The molecule has 1 N–H and O–H groups in total. The van der Waals surface area contributed by atoms with Gasteiger partial charge in [-0.3, -0.25) is 4.79 Å². The number of hydrogen-bond acceptors (Lipinski definition) is 1. The van der Waals surface area contributed by atoms with Gasteiger partial charge in [0.2, 0.25) is 0 Å². The molecular formula is C16H22ClNO. The third kappa shape index (κ3) is 3.50. The highest BCUT2D eigenvalue weighted by molar-refractivity contribution is 6.20. The Hall–Kier alpha value is -1.02. The number of halogens is 1. The number of benzene rings is 1. The van der Waals surface area contributed by atoms with Gasteiger partial charge in [-0.15, -0.1) is 11.6 Å². The molecule has 0 saturated heterocycles. The summed E-state index contributed by atoms with van der Waals surface area (Å²) in [6.07, 6.45) is 3.22. The lowest BCUT2D eigenvalue weighted by atomic mass is 9.99. The number of amides is 1. The van der Waals surface area contributed by atoms with Crippen molar-refractivity contribution in [3.63, 3.8) is 0 Å². The standard InChI is InChI=1S/C16H22ClNO/c1-10-6-11(2)15(12(3)7-10)16(19)18-9-13-4-5-14(17)8-13/h6-7,13-14H,4-5,8-9H2,1-3H3,(H,18,19). The lowest BCUT2D eigenvalue weighted by molar-refractivity contribution is 0.0946. The Morgan fingerprint density at radius 3 is 2.42 bits per heavy atom. The van der Waals surface area contributed by atoms with Crippen LogP contribution >= 0.6 is 11.6 Å². The average Bonchev–Trinajstić information content (AvgIpc) is 2.71. The molecule has 0 heterocycles. The van der Waals surface area contributed by atoms with E-state index in [1.807, 2.05) is 13.8 Å². The smallest absolute Gasteiger partial charge is 0.251 e. The van der Waals surface area contributed by atoms with E-state index in [0.717, 1.165) is 42.5 Å². The fourth-order valence-electron chi connectivity index (χ4n) is 3.06. The molecule has 19 heavy (non-hydrogen) atoms. The molecule has 0 aromatic heterocycles. The Bertz CT molecular complexity index is 461. The van der Waals surface area contributed by atoms with Crippen LogP contribution in [0.1, 0.15) is 46.3 Å². The van der Waals surface area contributed by atoms with Crippen molar-refractivity contribution in [2.75, 3.05) is 6.54 Å². The fraction of sp³-hybridized carbons (Fsp3) is 0.562. The predicted octanol–water partition coefficient (Wildman–Crippen LogP) is 3.75. The Morgan fingerprint density at radius 2 is 1.89 bits per heavy atom. The van der Waals surface area contributed by atoms with Crippen molar-refractivity contribution in [3.05, 3.63) is 34.4 Å². The lowest BCUT2D eigenvalue weighted by Gasteiger charge is -2.14. The third-order valence-electron chi connectivity index (χ3n) is 3.93. The summed E-state index contributed by atoms with van der Waals surface area (Å²) >= 11 is 6.09. The van der Waals surface area contributed by atoms with Crippen LogP contribution in [0.5, 0.6) is 0 Å². The molecule has 2 rings (SSSR count). The monoisotopic (exact) mass is 279 g/mol. The van der Waals surface area contributed by atoms with Gasteiger partial charge in [0, 0.05) is 17.5 Å². The second-order valence-corrected chi connectivity index (χ2v) is 6.38. The zero-order valence-corrected chi connectivity index (χ0v) is 12.7. The van der Waals surface area contributed by atoms with Gasteiger partial charge in [-0.1, -0.05) is 17.7 Å². The lowest BCUT2D eigenvalue weighted by Crippen LogP contribution is -2.29. The molecule has 2 atom stereocenters. The average molecular weight is 280 g/mol. The van der Waals surface area contributed by atoms with Crippen molar-refractivity contribution in [1.82, 2.24) is 5.32 Å². The molecule has 1 fully saturated rings. The quantitative estimate of drug-likeness (QED) is 0.839. The summed E-state index contributed by atoms with van der Waals surface area (Å²) in [7, 11) is 0. The van der Waals surface area contributed by atoms with E-state index in [9.17, 15) is 4.79 Å². The van der Waals surface area contributed by atoms with Crippen LogP contribution in [0.4, 0.5) is 0 Å². The molecule has 0 bridgehead atoms. The van der Waals surface area contributed by atoms with Gasteiger partial charge in [0.25, 0.3) is 5.91 Å². The largest absolute Gasteiger partial charge is 0.352 e. The summed E-state index contributed by atoms with van der Waals surface area (Å²) in [6.45, 7) is 6.80. The first-order chi connectivity index (χ1) is 8.97. The SMILES string of the molecule is Cc1cc(C)c(C(=O)NCC2CCC(Cl)C2)c(C)c1. The van der Waals surface area contributed by atoms with E-state index in [1.54, 1.807) is 0 Å². The van der Waals surface area contributed by atoms with Gasteiger partial charge < -0.3 is 5.32 Å². The maximum absolute atomic E-state index is 12.3. The van der Waals surface area contributed by atoms with Crippen molar-refractivity contribution < 1.29 is 4.79 Å². The second-order valence-electron chi connectivity index (χ2n) is 5.76. The topological polar surface area (TPSA) is 29.1 Å². The minimum atomic E-state index is 0.0491. The van der Waals surface area contributed by atoms with Gasteiger partial charge in [-0.2, -0.15) is 0 Å². The number of rotatable bonds is 3. The Labute approximate surface area is 120 Å². The highest BCUT2D eigenvalue weighted by atomic mass is 35.5. The van der Waals surface area contributed by atoms with E-state index in [2.05, 4.69) is 24.4 Å². The first kappa shape index (κ1) is 14.4. The Balaban J connectivity index is 2.00. The molecule has 1 amide bonds. The van der Waals surface area contributed by atoms with E-state index < -0.39 is 0 Å². The molecule has 104 valence electrons. The van der Waals surface area contributed by atoms with Crippen LogP contribution in [0, 0.1) is 26.7 Å². The Kier molecular flexibility index (Phi) is 4.51. The van der Waals surface area contributed by atoms with Gasteiger partial charge in [0.15, 0.2) is 0 Å².